The second kappa shape index (κ2) is 4.63. The van der Waals surface area contributed by atoms with Gasteiger partial charge in [0, 0.05) is 5.69 Å². The van der Waals surface area contributed by atoms with Gasteiger partial charge in [0.25, 0.3) is 5.91 Å². The zero-order valence-corrected chi connectivity index (χ0v) is 9.19. The van der Waals surface area contributed by atoms with Gasteiger partial charge in [-0.3, -0.25) is 9.89 Å². The predicted molar refractivity (Wildman–Crippen MR) is 60.5 cm³/mol. The molecule has 1 amide bonds. The molecule has 0 fully saturated rings. The number of aromatic amines is 1. The molecule has 2 N–H and O–H groups in total. The number of nitrogens with one attached hydrogen (secondary N) is 2. The molecule has 1 aromatic heterocycles. The third-order valence-electron chi connectivity index (χ3n) is 1.97. The van der Waals surface area contributed by atoms with Crippen molar-refractivity contribution in [2.45, 2.75) is 0 Å². The molecule has 0 spiro atoms. The number of carbonyl (C=O) groups is 1. The van der Waals surface area contributed by atoms with Gasteiger partial charge < -0.3 is 5.32 Å². The van der Waals surface area contributed by atoms with Crippen LogP contribution < -0.4 is 5.32 Å². The lowest BCUT2D eigenvalue weighted by Crippen LogP contribution is -2.13. The minimum Gasteiger partial charge on any atom is -0.319 e. The van der Waals surface area contributed by atoms with Crippen molar-refractivity contribution in [1.29, 1.82) is 5.26 Å². The molecule has 7 heteroatoms. The van der Waals surface area contributed by atoms with Crippen molar-refractivity contribution in [2.24, 2.45) is 0 Å². The Balaban J connectivity index is 2.20. The molecular formula is C10H6ClN5O. The van der Waals surface area contributed by atoms with Crippen LogP contribution >= 0.6 is 11.6 Å². The fourth-order valence-corrected chi connectivity index (χ4v) is 1.35. The van der Waals surface area contributed by atoms with E-state index >= 15 is 0 Å². The highest BCUT2D eigenvalue weighted by Crippen LogP contribution is 2.19. The van der Waals surface area contributed by atoms with Crippen molar-refractivity contribution in [3.63, 3.8) is 0 Å². The van der Waals surface area contributed by atoms with Crippen molar-refractivity contribution in [1.82, 2.24) is 15.2 Å². The molecule has 2 aromatic rings. The molecule has 0 saturated heterocycles. The topological polar surface area (TPSA) is 94.5 Å². The Kier molecular flexibility index (Phi) is 3.03. The normalized spacial score (nSPS) is 9.65. The van der Waals surface area contributed by atoms with Gasteiger partial charge in [-0.25, -0.2) is 4.98 Å². The number of nitrogens with zero attached hydrogens (tertiary/aromatic N) is 3. The van der Waals surface area contributed by atoms with Gasteiger partial charge in [0.2, 0.25) is 5.82 Å². The van der Waals surface area contributed by atoms with E-state index in [1.807, 2.05) is 6.07 Å². The summed E-state index contributed by atoms with van der Waals surface area (Å²) in [4.78, 5) is 15.3. The third kappa shape index (κ3) is 2.41. The summed E-state index contributed by atoms with van der Waals surface area (Å²) in [6.07, 6.45) is 1.23. The molecule has 0 saturated carbocycles. The van der Waals surface area contributed by atoms with Crippen LogP contribution in [0.5, 0.6) is 0 Å². The van der Waals surface area contributed by atoms with Gasteiger partial charge in [-0.15, -0.1) is 0 Å². The monoisotopic (exact) mass is 247 g/mol. The SMILES string of the molecule is N#Cc1cc(NC(=O)c2ncn[nH]2)ccc1Cl. The van der Waals surface area contributed by atoms with E-state index in [9.17, 15) is 4.79 Å². The van der Waals surface area contributed by atoms with E-state index in [2.05, 4.69) is 20.5 Å². The van der Waals surface area contributed by atoms with Crippen LogP contribution in [0.1, 0.15) is 16.2 Å². The first-order chi connectivity index (χ1) is 8.20. The van der Waals surface area contributed by atoms with Crippen LogP contribution in [0.3, 0.4) is 0 Å². The van der Waals surface area contributed by atoms with Crippen LogP contribution in [0.4, 0.5) is 5.69 Å². The van der Waals surface area contributed by atoms with Crippen molar-refractivity contribution in [3.8, 4) is 6.07 Å². The summed E-state index contributed by atoms with van der Waals surface area (Å²) in [6, 6.07) is 6.54. The number of nitriles is 1. The molecule has 1 aromatic carbocycles. The first-order valence-electron chi connectivity index (χ1n) is 4.57. The van der Waals surface area contributed by atoms with E-state index in [1.54, 1.807) is 6.07 Å². The van der Waals surface area contributed by atoms with E-state index in [1.165, 1.54) is 18.5 Å². The summed E-state index contributed by atoms with van der Waals surface area (Å²) >= 11 is 5.77. The van der Waals surface area contributed by atoms with Crippen molar-refractivity contribution < 1.29 is 4.79 Å². The Morgan fingerprint density at radius 3 is 3.00 bits per heavy atom. The summed E-state index contributed by atoms with van der Waals surface area (Å²) < 4.78 is 0. The molecule has 0 aliphatic rings. The quantitative estimate of drug-likeness (QED) is 0.842. The lowest BCUT2D eigenvalue weighted by Gasteiger charge is -2.03. The van der Waals surface area contributed by atoms with Gasteiger partial charge in [0.05, 0.1) is 10.6 Å². The average Bonchev–Trinajstić information content (AvgIpc) is 2.85. The highest BCUT2D eigenvalue weighted by molar-refractivity contribution is 6.31. The minimum atomic E-state index is -0.436. The standard InChI is InChI=1S/C10H6ClN5O/c11-8-2-1-7(3-6(8)4-12)15-10(17)9-13-5-14-16-9/h1-3,5H,(H,15,17)(H,13,14,16). The maximum atomic E-state index is 11.6. The molecule has 6 nitrogen and oxygen atoms in total. The van der Waals surface area contributed by atoms with Crippen molar-refractivity contribution in [3.05, 3.63) is 40.9 Å². The number of anilines is 1. The molecule has 17 heavy (non-hydrogen) atoms. The first kappa shape index (κ1) is 11.1. The highest BCUT2D eigenvalue weighted by Gasteiger charge is 2.09. The average molecular weight is 248 g/mol. The van der Waals surface area contributed by atoms with Gasteiger partial charge in [-0.05, 0) is 18.2 Å². The Morgan fingerprint density at radius 1 is 1.53 bits per heavy atom. The molecular weight excluding hydrogens is 242 g/mol. The summed E-state index contributed by atoms with van der Waals surface area (Å²) in [5.74, 6) is -0.341. The highest BCUT2D eigenvalue weighted by atomic mass is 35.5. The molecule has 2 rings (SSSR count). The fourth-order valence-electron chi connectivity index (χ4n) is 1.19. The zero-order chi connectivity index (χ0) is 12.3. The maximum Gasteiger partial charge on any atom is 0.292 e. The largest absolute Gasteiger partial charge is 0.319 e. The van der Waals surface area contributed by atoms with Crippen LogP contribution in [0.2, 0.25) is 5.02 Å². The molecule has 1 heterocycles. The third-order valence-corrected chi connectivity index (χ3v) is 2.30. The molecule has 0 bridgehead atoms. The van der Waals surface area contributed by atoms with Gasteiger partial charge in [0.15, 0.2) is 0 Å². The molecule has 0 radical (unpaired) electrons. The zero-order valence-electron chi connectivity index (χ0n) is 8.44. The van der Waals surface area contributed by atoms with Gasteiger partial charge in [-0.2, -0.15) is 10.4 Å². The molecule has 0 aliphatic heterocycles. The summed E-state index contributed by atoms with van der Waals surface area (Å²) in [5.41, 5.74) is 0.759. The smallest absolute Gasteiger partial charge is 0.292 e. The molecule has 0 atom stereocenters. The van der Waals surface area contributed by atoms with Gasteiger partial charge >= 0.3 is 0 Å². The van der Waals surface area contributed by atoms with Gasteiger partial charge in [0.1, 0.15) is 12.4 Å². The predicted octanol–water partition coefficient (Wildman–Crippen LogP) is 1.58. The van der Waals surface area contributed by atoms with E-state index in [-0.39, 0.29) is 5.82 Å². The Labute approximate surface area is 101 Å². The molecule has 0 unspecified atom stereocenters. The number of carbonyl (C=O) groups excluding carboxylic acids is 1. The van der Waals surface area contributed by atoms with Crippen LogP contribution in [-0.2, 0) is 0 Å². The second-order valence-corrected chi connectivity index (χ2v) is 3.50. The van der Waals surface area contributed by atoms with Crippen molar-refractivity contribution >= 4 is 23.2 Å². The molecule has 0 aliphatic carbocycles. The van der Waals surface area contributed by atoms with E-state index < -0.39 is 5.91 Å². The number of benzene rings is 1. The number of amides is 1. The van der Waals surface area contributed by atoms with Gasteiger partial charge in [-0.1, -0.05) is 11.6 Å². The summed E-state index contributed by atoms with van der Waals surface area (Å²) in [5, 5.41) is 17.7. The van der Waals surface area contributed by atoms with E-state index in [0.717, 1.165) is 0 Å². The Morgan fingerprint density at radius 2 is 2.35 bits per heavy atom. The minimum absolute atomic E-state index is 0.0958. The van der Waals surface area contributed by atoms with Crippen LogP contribution in [0.25, 0.3) is 0 Å². The Hall–Kier alpha value is -2.39. The number of halogens is 1. The summed E-state index contributed by atoms with van der Waals surface area (Å²) in [7, 11) is 0. The molecule has 84 valence electrons. The number of hydrogen-bond acceptors (Lipinski definition) is 4. The number of rotatable bonds is 2. The second-order valence-electron chi connectivity index (χ2n) is 3.09. The lowest BCUT2D eigenvalue weighted by atomic mass is 10.2. The van der Waals surface area contributed by atoms with Crippen LogP contribution in [-0.4, -0.2) is 21.1 Å². The van der Waals surface area contributed by atoms with Crippen LogP contribution in [0, 0.1) is 11.3 Å². The Bertz CT molecular complexity index is 587. The lowest BCUT2D eigenvalue weighted by molar-refractivity contribution is 0.101. The van der Waals surface area contributed by atoms with Crippen LogP contribution in [0.15, 0.2) is 24.5 Å². The number of hydrogen-bond donors (Lipinski definition) is 2. The summed E-state index contributed by atoms with van der Waals surface area (Å²) in [6.45, 7) is 0. The van der Waals surface area contributed by atoms with Crippen molar-refractivity contribution in [2.75, 3.05) is 5.32 Å². The number of H-pyrrole nitrogens is 1. The fraction of sp³-hybridized carbons (Fsp3) is 0. The maximum absolute atomic E-state index is 11.6. The number of aromatic nitrogens is 3. The van der Waals surface area contributed by atoms with E-state index in [4.69, 9.17) is 16.9 Å². The first-order valence-corrected chi connectivity index (χ1v) is 4.95. The van der Waals surface area contributed by atoms with E-state index in [0.29, 0.717) is 16.3 Å².